The number of hydrogen-bond acceptors (Lipinski definition) is 3. The first-order valence-corrected chi connectivity index (χ1v) is 5.78. The number of aromatic nitrogens is 1. The first kappa shape index (κ1) is 12.4. The predicted molar refractivity (Wildman–Crippen MR) is 71.6 cm³/mol. The molecule has 94 valence electrons. The third-order valence-electron chi connectivity index (χ3n) is 2.32. The summed E-state index contributed by atoms with van der Waals surface area (Å²) in [5.41, 5.74) is 0.222. The average Bonchev–Trinajstić information content (AvgIpc) is 2.27. The Labute approximate surface area is 106 Å². The maximum Gasteiger partial charge on any atom is 0.412 e. The van der Waals surface area contributed by atoms with Gasteiger partial charge in [-0.25, -0.2) is 4.79 Å². The smallest absolute Gasteiger partial charge is 0.412 e. The number of anilines is 1. The summed E-state index contributed by atoms with van der Waals surface area (Å²) in [6.07, 6.45) is 3.00. The predicted octanol–water partition coefficient (Wildman–Crippen LogP) is 3.58. The van der Waals surface area contributed by atoms with E-state index in [2.05, 4.69) is 10.3 Å². The third-order valence-corrected chi connectivity index (χ3v) is 2.32. The van der Waals surface area contributed by atoms with Gasteiger partial charge in [-0.3, -0.25) is 10.3 Å². The van der Waals surface area contributed by atoms with Crippen LogP contribution in [0.3, 0.4) is 0 Å². The molecule has 1 aromatic carbocycles. The summed E-state index contributed by atoms with van der Waals surface area (Å²) in [5.74, 6) is 0. The highest BCUT2D eigenvalue weighted by Crippen LogP contribution is 2.22. The summed E-state index contributed by atoms with van der Waals surface area (Å²) in [5, 5.41) is 4.67. The molecule has 0 aliphatic heterocycles. The molecule has 1 aromatic heterocycles. The lowest BCUT2D eigenvalue weighted by atomic mass is 10.1. The zero-order valence-electron chi connectivity index (χ0n) is 10.7. The van der Waals surface area contributed by atoms with Gasteiger partial charge in [-0.2, -0.15) is 0 Å². The van der Waals surface area contributed by atoms with Crippen molar-refractivity contribution in [3.63, 3.8) is 0 Å². The van der Waals surface area contributed by atoms with Crippen molar-refractivity contribution in [3.8, 4) is 0 Å². The highest BCUT2D eigenvalue weighted by Gasteiger charge is 2.16. The molecule has 4 heteroatoms. The van der Waals surface area contributed by atoms with Crippen molar-refractivity contribution in [3.05, 3.63) is 36.7 Å². The van der Waals surface area contributed by atoms with Gasteiger partial charge in [0.1, 0.15) is 5.60 Å². The molecule has 0 aliphatic carbocycles. The number of nitrogens with zero attached hydrogens (tertiary/aromatic N) is 1. The molecule has 1 N–H and O–H groups in total. The zero-order valence-corrected chi connectivity index (χ0v) is 10.7. The number of carbonyl (C=O) groups is 1. The molecule has 2 rings (SSSR count). The Kier molecular flexibility index (Phi) is 3.19. The lowest BCUT2D eigenvalue weighted by Crippen LogP contribution is -2.27. The summed E-state index contributed by atoms with van der Waals surface area (Å²) >= 11 is 0. The van der Waals surface area contributed by atoms with Crippen molar-refractivity contribution in [2.24, 2.45) is 0 Å². The van der Waals surface area contributed by atoms with Crippen molar-refractivity contribution >= 4 is 22.6 Å². The molecule has 2 aromatic rings. The standard InChI is InChI=1S/C14H16N2O2/c1-14(2,3)18-13(17)16-12-6-4-5-10-9-15-8-7-11(10)12/h4-9H,1-3H3,(H,16,17). The summed E-state index contributed by atoms with van der Waals surface area (Å²) < 4.78 is 5.22. The molecule has 0 saturated carbocycles. The minimum Gasteiger partial charge on any atom is -0.444 e. The van der Waals surface area contributed by atoms with Crippen LogP contribution in [0.4, 0.5) is 10.5 Å². The SMILES string of the molecule is CC(C)(C)OC(=O)Nc1cccc2cnccc12. The number of rotatable bonds is 1. The molecule has 4 nitrogen and oxygen atoms in total. The molecule has 0 fully saturated rings. The van der Waals surface area contributed by atoms with E-state index in [-0.39, 0.29) is 0 Å². The normalized spacial score (nSPS) is 11.3. The lowest BCUT2D eigenvalue weighted by molar-refractivity contribution is 0.0636. The number of nitrogens with one attached hydrogen (secondary N) is 1. The summed E-state index contributed by atoms with van der Waals surface area (Å²) in [6, 6.07) is 7.52. The van der Waals surface area contributed by atoms with Gasteiger partial charge in [0.15, 0.2) is 0 Å². The molecule has 0 saturated heterocycles. The number of carbonyl (C=O) groups excluding carboxylic acids is 1. The number of amides is 1. The van der Waals surface area contributed by atoms with Crippen LogP contribution in [-0.2, 0) is 4.74 Å². The van der Waals surface area contributed by atoms with Gasteiger partial charge in [-0.05, 0) is 32.9 Å². The van der Waals surface area contributed by atoms with E-state index in [9.17, 15) is 4.79 Å². The van der Waals surface area contributed by atoms with E-state index in [0.717, 1.165) is 16.5 Å². The molecule has 1 heterocycles. The van der Waals surface area contributed by atoms with Crippen molar-refractivity contribution in [1.29, 1.82) is 0 Å². The molecular formula is C14H16N2O2. The minimum absolute atomic E-state index is 0.452. The van der Waals surface area contributed by atoms with Gasteiger partial charge in [0.05, 0.1) is 5.69 Å². The maximum absolute atomic E-state index is 11.7. The average molecular weight is 244 g/mol. The van der Waals surface area contributed by atoms with Gasteiger partial charge in [-0.1, -0.05) is 12.1 Å². The minimum atomic E-state index is -0.504. The van der Waals surface area contributed by atoms with E-state index in [4.69, 9.17) is 4.74 Å². The number of ether oxygens (including phenoxy) is 1. The molecule has 0 atom stereocenters. The molecule has 18 heavy (non-hydrogen) atoms. The Bertz CT molecular complexity index is 568. The van der Waals surface area contributed by atoms with Gasteiger partial charge in [0.25, 0.3) is 0 Å². The summed E-state index contributed by atoms with van der Waals surface area (Å²) in [4.78, 5) is 15.8. The highest BCUT2D eigenvalue weighted by molar-refractivity contribution is 5.99. The van der Waals surface area contributed by atoms with Crippen LogP contribution in [0.2, 0.25) is 0 Å². The molecule has 0 radical (unpaired) electrons. The van der Waals surface area contributed by atoms with Crippen LogP contribution in [0.15, 0.2) is 36.7 Å². The zero-order chi connectivity index (χ0) is 13.2. The summed E-state index contributed by atoms with van der Waals surface area (Å²) in [7, 11) is 0. The molecular weight excluding hydrogens is 228 g/mol. The Morgan fingerprint density at radius 2 is 2.06 bits per heavy atom. The second kappa shape index (κ2) is 4.64. The van der Waals surface area contributed by atoms with E-state index in [1.54, 1.807) is 12.4 Å². The number of pyridine rings is 1. The number of benzene rings is 1. The van der Waals surface area contributed by atoms with E-state index in [0.29, 0.717) is 0 Å². The molecule has 0 spiro atoms. The van der Waals surface area contributed by atoms with Gasteiger partial charge in [0.2, 0.25) is 0 Å². The van der Waals surface area contributed by atoms with Crippen molar-refractivity contribution in [2.75, 3.05) is 5.32 Å². The van der Waals surface area contributed by atoms with Crippen molar-refractivity contribution in [1.82, 2.24) is 4.98 Å². The Hall–Kier alpha value is -2.10. The van der Waals surface area contributed by atoms with E-state index in [1.165, 1.54) is 0 Å². The van der Waals surface area contributed by atoms with Gasteiger partial charge in [-0.15, -0.1) is 0 Å². The summed E-state index contributed by atoms with van der Waals surface area (Å²) in [6.45, 7) is 5.50. The maximum atomic E-state index is 11.7. The van der Waals surface area contributed by atoms with E-state index >= 15 is 0 Å². The van der Waals surface area contributed by atoms with E-state index in [1.807, 2.05) is 45.0 Å². The van der Waals surface area contributed by atoms with Crippen LogP contribution in [0.25, 0.3) is 10.8 Å². The Balaban J connectivity index is 2.24. The quantitative estimate of drug-likeness (QED) is 0.834. The fourth-order valence-electron chi connectivity index (χ4n) is 1.65. The van der Waals surface area contributed by atoms with E-state index < -0.39 is 11.7 Å². The topological polar surface area (TPSA) is 51.2 Å². The van der Waals surface area contributed by atoms with Crippen molar-refractivity contribution in [2.45, 2.75) is 26.4 Å². The number of hydrogen-bond donors (Lipinski definition) is 1. The van der Waals surface area contributed by atoms with Crippen LogP contribution < -0.4 is 5.32 Å². The third kappa shape index (κ3) is 2.97. The largest absolute Gasteiger partial charge is 0.444 e. The second-order valence-electron chi connectivity index (χ2n) is 5.03. The molecule has 0 unspecified atom stereocenters. The van der Waals surface area contributed by atoms with Gasteiger partial charge in [0, 0.05) is 23.2 Å². The fraction of sp³-hybridized carbons (Fsp3) is 0.286. The molecule has 1 amide bonds. The van der Waals surface area contributed by atoms with Gasteiger partial charge >= 0.3 is 6.09 Å². The Morgan fingerprint density at radius 1 is 1.28 bits per heavy atom. The van der Waals surface area contributed by atoms with Crippen LogP contribution in [0, 0.1) is 0 Å². The van der Waals surface area contributed by atoms with Crippen LogP contribution >= 0.6 is 0 Å². The fourth-order valence-corrected chi connectivity index (χ4v) is 1.65. The first-order valence-electron chi connectivity index (χ1n) is 5.78. The van der Waals surface area contributed by atoms with Crippen LogP contribution in [0.5, 0.6) is 0 Å². The van der Waals surface area contributed by atoms with Crippen molar-refractivity contribution < 1.29 is 9.53 Å². The molecule has 0 bridgehead atoms. The Morgan fingerprint density at radius 3 is 2.78 bits per heavy atom. The first-order chi connectivity index (χ1) is 8.46. The monoisotopic (exact) mass is 244 g/mol. The molecule has 0 aliphatic rings. The highest BCUT2D eigenvalue weighted by atomic mass is 16.6. The van der Waals surface area contributed by atoms with Crippen LogP contribution in [0.1, 0.15) is 20.8 Å². The van der Waals surface area contributed by atoms with Crippen LogP contribution in [-0.4, -0.2) is 16.7 Å². The van der Waals surface area contributed by atoms with Gasteiger partial charge < -0.3 is 4.74 Å². The second-order valence-corrected chi connectivity index (χ2v) is 5.03. The number of fused-ring (bicyclic) bond motifs is 1. The lowest BCUT2D eigenvalue weighted by Gasteiger charge is -2.20.